The summed E-state index contributed by atoms with van der Waals surface area (Å²) in [7, 11) is 0. The molecule has 1 aliphatic carbocycles. The molecule has 0 aliphatic heterocycles. The quantitative estimate of drug-likeness (QED) is 0.771. The van der Waals surface area contributed by atoms with Gasteiger partial charge in [-0.3, -0.25) is 0 Å². The van der Waals surface area contributed by atoms with E-state index in [1.54, 1.807) is 0 Å². The fourth-order valence-corrected chi connectivity index (χ4v) is 2.57. The molecule has 2 rings (SSSR count). The number of nitrogens with zero attached hydrogens (tertiary/aromatic N) is 3. The average Bonchev–Trinajstić information content (AvgIpc) is 2.94. The molecular formula is C13H24N4. The highest BCUT2D eigenvalue weighted by Gasteiger charge is 2.19. The Bertz CT molecular complexity index is 326. The first-order valence-corrected chi connectivity index (χ1v) is 6.89. The number of nitrogens with one attached hydrogen (secondary N) is 1. The van der Waals surface area contributed by atoms with Crippen molar-refractivity contribution in [1.29, 1.82) is 0 Å². The molecule has 0 saturated heterocycles. The SMILES string of the molecule is CC(C)NCCCc1nncn1C1CCCC1. The van der Waals surface area contributed by atoms with Crippen LogP contribution in [0.5, 0.6) is 0 Å². The van der Waals surface area contributed by atoms with Crippen LogP contribution in [0.4, 0.5) is 0 Å². The van der Waals surface area contributed by atoms with E-state index in [-0.39, 0.29) is 0 Å². The molecular weight excluding hydrogens is 212 g/mol. The van der Waals surface area contributed by atoms with Gasteiger partial charge in [0.25, 0.3) is 0 Å². The van der Waals surface area contributed by atoms with Crippen LogP contribution < -0.4 is 5.32 Å². The predicted molar refractivity (Wildman–Crippen MR) is 69.0 cm³/mol. The minimum atomic E-state index is 0.572. The molecule has 0 amide bonds. The van der Waals surface area contributed by atoms with Crippen molar-refractivity contribution in [3.63, 3.8) is 0 Å². The van der Waals surface area contributed by atoms with Crippen LogP contribution in [0.15, 0.2) is 6.33 Å². The van der Waals surface area contributed by atoms with Gasteiger partial charge in [-0.15, -0.1) is 10.2 Å². The van der Waals surface area contributed by atoms with Crippen molar-refractivity contribution in [3.05, 3.63) is 12.2 Å². The van der Waals surface area contributed by atoms with Crippen LogP contribution in [0.1, 0.15) is 57.8 Å². The molecule has 96 valence electrons. The van der Waals surface area contributed by atoms with Gasteiger partial charge in [0.05, 0.1) is 0 Å². The standard InChI is InChI=1S/C13H24N4/c1-11(2)14-9-5-8-13-16-15-10-17(13)12-6-3-4-7-12/h10-12,14H,3-9H2,1-2H3. The second kappa shape index (κ2) is 6.15. The monoisotopic (exact) mass is 236 g/mol. The molecule has 4 heteroatoms. The maximum Gasteiger partial charge on any atom is 0.133 e. The summed E-state index contributed by atoms with van der Waals surface area (Å²) in [5.74, 6) is 1.17. The highest BCUT2D eigenvalue weighted by molar-refractivity contribution is 4.91. The lowest BCUT2D eigenvalue weighted by molar-refractivity contribution is 0.487. The lowest BCUT2D eigenvalue weighted by Gasteiger charge is -2.13. The van der Waals surface area contributed by atoms with Crippen molar-refractivity contribution in [3.8, 4) is 0 Å². The highest BCUT2D eigenvalue weighted by Crippen LogP contribution is 2.29. The zero-order valence-electron chi connectivity index (χ0n) is 11.0. The Labute approximate surface area is 104 Å². The van der Waals surface area contributed by atoms with E-state index in [9.17, 15) is 0 Å². The predicted octanol–water partition coefficient (Wildman–Crippen LogP) is 2.32. The van der Waals surface area contributed by atoms with Crippen molar-refractivity contribution in [2.75, 3.05) is 6.54 Å². The average molecular weight is 236 g/mol. The Morgan fingerprint density at radius 2 is 2.18 bits per heavy atom. The second-order valence-electron chi connectivity index (χ2n) is 5.31. The summed E-state index contributed by atoms with van der Waals surface area (Å²) >= 11 is 0. The molecule has 1 aromatic rings. The van der Waals surface area contributed by atoms with Crippen molar-refractivity contribution >= 4 is 0 Å². The zero-order chi connectivity index (χ0) is 12.1. The van der Waals surface area contributed by atoms with Gasteiger partial charge in [0, 0.05) is 18.5 Å². The van der Waals surface area contributed by atoms with Gasteiger partial charge in [-0.2, -0.15) is 0 Å². The van der Waals surface area contributed by atoms with Gasteiger partial charge in [-0.1, -0.05) is 26.7 Å². The fourth-order valence-electron chi connectivity index (χ4n) is 2.57. The van der Waals surface area contributed by atoms with Crippen molar-refractivity contribution in [2.45, 2.75) is 64.5 Å². The molecule has 0 unspecified atom stereocenters. The number of aromatic nitrogens is 3. The Morgan fingerprint density at radius 1 is 1.41 bits per heavy atom. The van der Waals surface area contributed by atoms with Crippen LogP contribution >= 0.6 is 0 Å². The van der Waals surface area contributed by atoms with Crippen LogP contribution in [0.3, 0.4) is 0 Å². The Kier molecular flexibility index (Phi) is 4.54. The van der Waals surface area contributed by atoms with Gasteiger partial charge in [0.1, 0.15) is 12.2 Å². The van der Waals surface area contributed by atoms with E-state index in [0.717, 1.165) is 19.4 Å². The molecule has 0 bridgehead atoms. The van der Waals surface area contributed by atoms with Crippen LogP contribution in [0.25, 0.3) is 0 Å². The minimum Gasteiger partial charge on any atom is -0.315 e. The molecule has 1 N–H and O–H groups in total. The molecule has 0 radical (unpaired) electrons. The molecule has 1 aliphatic rings. The van der Waals surface area contributed by atoms with Gasteiger partial charge >= 0.3 is 0 Å². The number of aryl methyl sites for hydroxylation is 1. The van der Waals surface area contributed by atoms with Crippen molar-refractivity contribution in [1.82, 2.24) is 20.1 Å². The summed E-state index contributed by atoms with van der Waals surface area (Å²) in [5, 5.41) is 11.8. The molecule has 1 heterocycles. The van der Waals surface area contributed by atoms with E-state index in [2.05, 4.69) is 33.9 Å². The van der Waals surface area contributed by atoms with E-state index in [0.29, 0.717) is 12.1 Å². The lowest BCUT2D eigenvalue weighted by Crippen LogP contribution is -2.24. The van der Waals surface area contributed by atoms with Crippen molar-refractivity contribution < 1.29 is 0 Å². The second-order valence-corrected chi connectivity index (χ2v) is 5.31. The van der Waals surface area contributed by atoms with Gasteiger partial charge in [-0.05, 0) is 25.8 Å². The van der Waals surface area contributed by atoms with E-state index < -0.39 is 0 Å². The fraction of sp³-hybridized carbons (Fsp3) is 0.846. The number of hydrogen-bond acceptors (Lipinski definition) is 3. The van der Waals surface area contributed by atoms with Crippen molar-refractivity contribution in [2.24, 2.45) is 0 Å². The van der Waals surface area contributed by atoms with E-state index >= 15 is 0 Å². The Balaban J connectivity index is 1.82. The molecule has 0 spiro atoms. The third-order valence-corrected chi connectivity index (χ3v) is 3.50. The van der Waals surface area contributed by atoms with E-state index in [4.69, 9.17) is 0 Å². The molecule has 0 atom stereocenters. The van der Waals surface area contributed by atoms with E-state index in [1.165, 1.54) is 31.5 Å². The van der Waals surface area contributed by atoms with Crippen LogP contribution in [-0.2, 0) is 6.42 Å². The first-order chi connectivity index (χ1) is 8.27. The Hall–Kier alpha value is -0.900. The zero-order valence-corrected chi connectivity index (χ0v) is 11.0. The van der Waals surface area contributed by atoms with Gasteiger partial charge in [0.15, 0.2) is 0 Å². The van der Waals surface area contributed by atoms with Crippen LogP contribution in [0.2, 0.25) is 0 Å². The molecule has 0 aromatic carbocycles. The summed E-state index contributed by atoms with van der Waals surface area (Å²) in [4.78, 5) is 0. The van der Waals surface area contributed by atoms with E-state index in [1.807, 2.05) is 6.33 Å². The number of rotatable bonds is 6. The highest BCUT2D eigenvalue weighted by atomic mass is 15.3. The summed E-state index contributed by atoms with van der Waals surface area (Å²) in [6, 6.07) is 1.24. The summed E-state index contributed by atoms with van der Waals surface area (Å²) in [5.41, 5.74) is 0. The van der Waals surface area contributed by atoms with Gasteiger partial charge < -0.3 is 9.88 Å². The van der Waals surface area contributed by atoms with Crippen LogP contribution in [-0.4, -0.2) is 27.4 Å². The lowest BCUT2D eigenvalue weighted by atomic mass is 10.2. The first-order valence-electron chi connectivity index (χ1n) is 6.89. The molecule has 1 fully saturated rings. The molecule has 1 aromatic heterocycles. The third-order valence-electron chi connectivity index (χ3n) is 3.50. The Morgan fingerprint density at radius 3 is 2.88 bits per heavy atom. The normalized spacial score (nSPS) is 17.1. The minimum absolute atomic E-state index is 0.572. The molecule has 1 saturated carbocycles. The van der Waals surface area contributed by atoms with Gasteiger partial charge in [-0.25, -0.2) is 0 Å². The van der Waals surface area contributed by atoms with Gasteiger partial charge in [0.2, 0.25) is 0 Å². The summed E-state index contributed by atoms with van der Waals surface area (Å²) < 4.78 is 2.31. The largest absolute Gasteiger partial charge is 0.315 e. The summed E-state index contributed by atoms with van der Waals surface area (Å²) in [6.07, 6.45) is 9.42. The maximum absolute atomic E-state index is 4.26. The van der Waals surface area contributed by atoms with Crippen LogP contribution in [0, 0.1) is 0 Å². The molecule has 17 heavy (non-hydrogen) atoms. The smallest absolute Gasteiger partial charge is 0.133 e. The maximum atomic E-state index is 4.26. The third kappa shape index (κ3) is 3.53. The topological polar surface area (TPSA) is 42.7 Å². The first kappa shape index (κ1) is 12.6. The molecule has 4 nitrogen and oxygen atoms in total. The summed E-state index contributed by atoms with van der Waals surface area (Å²) in [6.45, 7) is 5.43. The number of hydrogen-bond donors (Lipinski definition) is 1.